The second kappa shape index (κ2) is 7.85. The number of benzene rings is 3. The maximum absolute atomic E-state index is 13.0. The summed E-state index contributed by atoms with van der Waals surface area (Å²) in [4.78, 5) is 14.7. The lowest BCUT2D eigenvalue weighted by Crippen LogP contribution is -2.36. The third-order valence-electron chi connectivity index (χ3n) is 5.92. The molecule has 3 aromatic carbocycles. The molecule has 1 aliphatic heterocycles. The van der Waals surface area contributed by atoms with Crippen molar-refractivity contribution in [2.75, 3.05) is 16.2 Å². The van der Waals surface area contributed by atoms with E-state index in [4.69, 9.17) is 0 Å². The third kappa shape index (κ3) is 4.08. The Hall–Kier alpha value is -3.12. The van der Waals surface area contributed by atoms with Crippen LogP contribution in [0.15, 0.2) is 77.7 Å². The van der Waals surface area contributed by atoms with Crippen LogP contribution in [-0.2, 0) is 21.2 Å². The van der Waals surface area contributed by atoms with Gasteiger partial charge in [0.1, 0.15) is 0 Å². The molecule has 31 heavy (non-hydrogen) atoms. The number of rotatable bonds is 5. The van der Waals surface area contributed by atoms with Crippen molar-refractivity contribution < 1.29 is 13.2 Å². The Morgan fingerprint density at radius 1 is 0.903 bits per heavy atom. The maximum Gasteiger partial charge on any atom is 0.261 e. The lowest BCUT2D eigenvalue weighted by molar-refractivity contribution is -0.119. The van der Waals surface area contributed by atoms with Gasteiger partial charge in [-0.05, 0) is 66.6 Å². The van der Waals surface area contributed by atoms with E-state index in [-0.39, 0.29) is 16.7 Å². The molecule has 1 fully saturated rings. The van der Waals surface area contributed by atoms with Gasteiger partial charge in [-0.1, -0.05) is 48.5 Å². The summed E-state index contributed by atoms with van der Waals surface area (Å²) in [6, 6.07) is 22.2. The number of nitrogens with zero attached hydrogens (tertiary/aromatic N) is 1. The SMILES string of the molecule is O=C(C1CC1)N1CCCc2ccc(NS(=O)(=O)c3ccc(-c4ccccc4)cc3)cc21. The van der Waals surface area contributed by atoms with Gasteiger partial charge in [0.05, 0.1) is 10.6 Å². The first-order valence-electron chi connectivity index (χ1n) is 10.6. The van der Waals surface area contributed by atoms with Crippen molar-refractivity contribution in [1.29, 1.82) is 0 Å². The number of hydrogen-bond acceptors (Lipinski definition) is 3. The zero-order valence-corrected chi connectivity index (χ0v) is 17.9. The molecule has 0 spiro atoms. The summed E-state index contributed by atoms with van der Waals surface area (Å²) in [5, 5.41) is 0. The number of nitrogens with one attached hydrogen (secondary N) is 1. The summed E-state index contributed by atoms with van der Waals surface area (Å²) in [7, 11) is -3.73. The highest BCUT2D eigenvalue weighted by atomic mass is 32.2. The number of hydrogen-bond donors (Lipinski definition) is 1. The van der Waals surface area contributed by atoms with Crippen LogP contribution in [0, 0.1) is 5.92 Å². The molecule has 5 rings (SSSR count). The van der Waals surface area contributed by atoms with Gasteiger partial charge < -0.3 is 4.90 Å². The Labute approximate surface area is 182 Å². The highest BCUT2D eigenvalue weighted by Gasteiger charge is 2.35. The molecule has 1 aliphatic carbocycles. The Kier molecular flexibility index (Phi) is 5.02. The second-order valence-electron chi connectivity index (χ2n) is 8.21. The van der Waals surface area contributed by atoms with Crippen molar-refractivity contribution >= 4 is 27.3 Å². The van der Waals surface area contributed by atoms with Crippen LogP contribution in [0.2, 0.25) is 0 Å². The molecule has 0 atom stereocenters. The summed E-state index contributed by atoms with van der Waals surface area (Å²) in [6.07, 6.45) is 3.74. The van der Waals surface area contributed by atoms with Crippen molar-refractivity contribution in [3.05, 3.63) is 78.4 Å². The largest absolute Gasteiger partial charge is 0.312 e. The van der Waals surface area contributed by atoms with E-state index in [1.165, 1.54) is 0 Å². The first-order valence-corrected chi connectivity index (χ1v) is 12.1. The van der Waals surface area contributed by atoms with Crippen molar-refractivity contribution in [3.63, 3.8) is 0 Å². The molecule has 1 saturated carbocycles. The van der Waals surface area contributed by atoms with E-state index in [1.807, 2.05) is 53.4 Å². The van der Waals surface area contributed by atoms with Crippen molar-refractivity contribution in [2.45, 2.75) is 30.6 Å². The summed E-state index contributed by atoms with van der Waals surface area (Å²) in [5.41, 5.74) is 4.40. The van der Waals surface area contributed by atoms with Gasteiger partial charge in [-0.3, -0.25) is 9.52 Å². The van der Waals surface area contributed by atoms with Gasteiger partial charge in [0, 0.05) is 18.2 Å². The summed E-state index contributed by atoms with van der Waals surface area (Å²) >= 11 is 0. The van der Waals surface area contributed by atoms with Crippen LogP contribution in [0.25, 0.3) is 11.1 Å². The van der Waals surface area contributed by atoms with E-state index in [0.29, 0.717) is 12.2 Å². The molecule has 6 heteroatoms. The molecule has 0 radical (unpaired) electrons. The highest BCUT2D eigenvalue weighted by Crippen LogP contribution is 2.37. The average Bonchev–Trinajstić information content (AvgIpc) is 3.64. The fourth-order valence-corrected chi connectivity index (χ4v) is 5.14. The topological polar surface area (TPSA) is 66.5 Å². The fourth-order valence-electron chi connectivity index (χ4n) is 4.09. The van der Waals surface area contributed by atoms with Gasteiger partial charge in [-0.25, -0.2) is 8.42 Å². The zero-order valence-electron chi connectivity index (χ0n) is 17.1. The van der Waals surface area contributed by atoms with E-state index in [1.54, 1.807) is 24.3 Å². The number of aryl methyl sites for hydroxylation is 1. The molecule has 0 aromatic heterocycles. The molecular formula is C25H24N2O3S. The summed E-state index contributed by atoms with van der Waals surface area (Å²) in [6.45, 7) is 0.694. The van der Waals surface area contributed by atoms with Gasteiger partial charge in [-0.2, -0.15) is 0 Å². The number of sulfonamides is 1. The van der Waals surface area contributed by atoms with Crippen LogP contribution >= 0.6 is 0 Å². The molecule has 1 N–H and O–H groups in total. The normalized spacial score (nSPS) is 15.9. The van der Waals surface area contributed by atoms with Crippen molar-refractivity contribution in [2.24, 2.45) is 5.92 Å². The lowest BCUT2D eigenvalue weighted by Gasteiger charge is -2.30. The standard InChI is InChI=1S/C25H24N2O3S/c28-25(21-8-9-21)27-16-4-7-20-10-13-22(17-24(20)27)26-31(29,30)23-14-11-19(12-15-23)18-5-2-1-3-6-18/h1-3,5-6,10-15,17,21,26H,4,7-9,16H2. The molecule has 0 bridgehead atoms. The van der Waals surface area contributed by atoms with Crippen LogP contribution in [0.5, 0.6) is 0 Å². The van der Waals surface area contributed by atoms with Crippen LogP contribution in [0.3, 0.4) is 0 Å². The second-order valence-corrected chi connectivity index (χ2v) is 9.89. The van der Waals surface area contributed by atoms with Crippen molar-refractivity contribution in [1.82, 2.24) is 0 Å². The molecule has 1 heterocycles. The Balaban J connectivity index is 1.39. The van der Waals surface area contributed by atoms with E-state index in [9.17, 15) is 13.2 Å². The lowest BCUT2D eigenvalue weighted by atomic mass is 10.0. The minimum Gasteiger partial charge on any atom is -0.312 e. The fraction of sp³-hybridized carbons (Fsp3) is 0.240. The Morgan fingerprint density at radius 2 is 1.61 bits per heavy atom. The molecule has 1 amide bonds. The molecule has 3 aromatic rings. The minimum absolute atomic E-state index is 0.134. The first kappa shape index (κ1) is 19.8. The number of carbonyl (C=O) groups is 1. The average molecular weight is 433 g/mol. The molecule has 158 valence electrons. The quantitative estimate of drug-likeness (QED) is 0.627. The molecule has 2 aliphatic rings. The Bertz CT molecular complexity index is 1220. The van der Waals surface area contributed by atoms with Gasteiger partial charge in [0.2, 0.25) is 5.91 Å². The number of carbonyl (C=O) groups excluding carboxylic acids is 1. The van der Waals surface area contributed by atoms with Crippen LogP contribution in [-0.4, -0.2) is 20.9 Å². The van der Waals surface area contributed by atoms with Gasteiger partial charge in [0.15, 0.2) is 0 Å². The zero-order chi connectivity index (χ0) is 21.4. The number of fused-ring (bicyclic) bond motifs is 1. The minimum atomic E-state index is -3.73. The molecular weight excluding hydrogens is 408 g/mol. The van der Waals surface area contributed by atoms with Gasteiger partial charge in [-0.15, -0.1) is 0 Å². The van der Waals surface area contributed by atoms with E-state index < -0.39 is 10.0 Å². The monoisotopic (exact) mass is 432 g/mol. The Morgan fingerprint density at radius 3 is 2.32 bits per heavy atom. The van der Waals surface area contributed by atoms with E-state index in [2.05, 4.69) is 4.72 Å². The molecule has 5 nitrogen and oxygen atoms in total. The van der Waals surface area contributed by atoms with Crippen LogP contribution in [0.1, 0.15) is 24.8 Å². The highest BCUT2D eigenvalue weighted by molar-refractivity contribution is 7.92. The van der Waals surface area contributed by atoms with E-state index in [0.717, 1.165) is 48.1 Å². The number of anilines is 2. The maximum atomic E-state index is 13.0. The predicted octanol–water partition coefficient (Wildman–Crippen LogP) is 4.84. The van der Waals surface area contributed by atoms with Crippen molar-refractivity contribution in [3.8, 4) is 11.1 Å². The molecule has 0 unspecified atom stereocenters. The van der Waals surface area contributed by atoms with Crippen LogP contribution in [0.4, 0.5) is 11.4 Å². The number of amides is 1. The van der Waals surface area contributed by atoms with E-state index >= 15 is 0 Å². The smallest absolute Gasteiger partial charge is 0.261 e. The van der Waals surface area contributed by atoms with Crippen LogP contribution < -0.4 is 9.62 Å². The van der Waals surface area contributed by atoms with Gasteiger partial charge >= 0.3 is 0 Å². The third-order valence-corrected chi connectivity index (χ3v) is 7.32. The predicted molar refractivity (Wildman–Crippen MR) is 123 cm³/mol. The van der Waals surface area contributed by atoms with Gasteiger partial charge in [0.25, 0.3) is 10.0 Å². The molecule has 0 saturated heterocycles. The summed E-state index contributed by atoms with van der Waals surface area (Å²) in [5.74, 6) is 0.298. The first-order chi connectivity index (χ1) is 15.0. The summed E-state index contributed by atoms with van der Waals surface area (Å²) < 4.78 is 28.6.